The number of methoxy groups -OCH3 is 1. The number of hydrogen-bond donors (Lipinski definition) is 0. The summed E-state index contributed by atoms with van der Waals surface area (Å²) in [6, 6.07) is 7.73. The van der Waals surface area contributed by atoms with Crippen LogP contribution in [-0.4, -0.2) is 44.1 Å². The topological polar surface area (TPSA) is 63.2 Å². The summed E-state index contributed by atoms with van der Waals surface area (Å²) in [7, 11) is 1.64. The van der Waals surface area contributed by atoms with E-state index in [9.17, 15) is 4.79 Å². The molecule has 3 fully saturated rings. The van der Waals surface area contributed by atoms with Crippen molar-refractivity contribution in [3.05, 3.63) is 29.8 Å². The minimum Gasteiger partial charge on any atom is -0.497 e. The third kappa shape index (κ3) is 2.54. The summed E-state index contributed by atoms with van der Waals surface area (Å²) in [5.74, 6) is 0.615. The highest BCUT2D eigenvalue weighted by Crippen LogP contribution is 2.57. The first-order valence-corrected chi connectivity index (χ1v) is 9.11. The van der Waals surface area contributed by atoms with Gasteiger partial charge in [-0.05, 0) is 12.1 Å². The first-order valence-electron chi connectivity index (χ1n) is 9.11. The number of benzene rings is 1. The quantitative estimate of drug-likeness (QED) is 0.771. The Kier molecular flexibility index (Phi) is 4.25. The molecule has 0 aromatic heterocycles. The van der Waals surface area contributed by atoms with Crippen molar-refractivity contribution >= 4 is 5.97 Å². The van der Waals surface area contributed by atoms with Gasteiger partial charge >= 0.3 is 5.97 Å². The van der Waals surface area contributed by atoms with E-state index in [1.165, 1.54) is 6.92 Å². The zero-order valence-corrected chi connectivity index (χ0v) is 15.7. The summed E-state index contributed by atoms with van der Waals surface area (Å²) < 4.78 is 29.2. The molecule has 1 aromatic rings. The molecular weight excluding hydrogens is 336 g/mol. The fraction of sp³-hybridized carbons (Fsp3) is 0.650. The van der Waals surface area contributed by atoms with Gasteiger partial charge in [-0.25, -0.2) is 0 Å². The Morgan fingerprint density at radius 2 is 1.88 bits per heavy atom. The normalized spacial score (nSPS) is 41.4. The molecular formula is C20H26O6. The van der Waals surface area contributed by atoms with E-state index < -0.39 is 11.9 Å². The molecule has 0 N–H and O–H groups in total. The van der Waals surface area contributed by atoms with E-state index in [4.69, 9.17) is 23.7 Å². The van der Waals surface area contributed by atoms with Gasteiger partial charge in [0.2, 0.25) is 0 Å². The van der Waals surface area contributed by atoms with Crippen molar-refractivity contribution in [3.8, 4) is 5.75 Å². The van der Waals surface area contributed by atoms with Gasteiger partial charge in [-0.15, -0.1) is 0 Å². The molecule has 2 saturated heterocycles. The lowest BCUT2D eigenvalue weighted by atomic mass is 9.56. The molecule has 2 aliphatic heterocycles. The van der Waals surface area contributed by atoms with Gasteiger partial charge in [0.15, 0.2) is 11.9 Å². The van der Waals surface area contributed by atoms with Gasteiger partial charge in [0.05, 0.1) is 26.4 Å². The summed E-state index contributed by atoms with van der Waals surface area (Å²) >= 11 is 0. The zero-order chi connectivity index (χ0) is 18.5. The Hall–Kier alpha value is -1.63. The third-order valence-electron chi connectivity index (χ3n) is 6.50. The van der Waals surface area contributed by atoms with E-state index >= 15 is 0 Å². The highest BCUT2D eigenvalue weighted by molar-refractivity contribution is 5.67. The molecule has 3 aliphatic rings. The SMILES string of the molecule is COc1ccc(C2OCC3(C)C(CC4OCC4(OC(C)=O)C3C)O2)cc1. The van der Waals surface area contributed by atoms with Crippen LogP contribution in [0.4, 0.5) is 0 Å². The molecule has 0 spiro atoms. The minimum absolute atomic E-state index is 0.0210. The monoisotopic (exact) mass is 362 g/mol. The lowest BCUT2D eigenvalue weighted by Crippen LogP contribution is -2.74. The van der Waals surface area contributed by atoms with E-state index in [1.54, 1.807) is 7.11 Å². The van der Waals surface area contributed by atoms with Crippen LogP contribution >= 0.6 is 0 Å². The van der Waals surface area contributed by atoms with Gasteiger partial charge in [0.1, 0.15) is 11.9 Å². The number of rotatable bonds is 3. The average Bonchev–Trinajstić information content (AvgIpc) is 2.63. The second-order valence-electron chi connectivity index (χ2n) is 7.85. The lowest BCUT2D eigenvalue weighted by molar-refractivity contribution is -0.366. The molecule has 6 heteroatoms. The lowest BCUT2D eigenvalue weighted by Gasteiger charge is -2.63. The van der Waals surface area contributed by atoms with Crippen LogP contribution in [-0.2, 0) is 23.7 Å². The summed E-state index contributed by atoms with van der Waals surface area (Å²) in [6.45, 7) is 6.73. The highest BCUT2D eigenvalue weighted by atomic mass is 16.7. The maximum Gasteiger partial charge on any atom is 0.303 e. The molecule has 6 unspecified atom stereocenters. The molecule has 0 bridgehead atoms. The van der Waals surface area contributed by atoms with Crippen LogP contribution < -0.4 is 4.74 Å². The fourth-order valence-electron chi connectivity index (χ4n) is 4.60. The van der Waals surface area contributed by atoms with E-state index in [0.717, 1.165) is 11.3 Å². The Labute approximate surface area is 153 Å². The first-order chi connectivity index (χ1) is 12.4. The smallest absolute Gasteiger partial charge is 0.303 e. The van der Waals surface area contributed by atoms with Gasteiger partial charge in [-0.2, -0.15) is 0 Å². The van der Waals surface area contributed by atoms with Crippen molar-refractivity contribution in [1.82, 2.24) is 0 Å². The Balaban J connectivity index is 1.54. The molecule has 6 nitrogen and oxygen atoms in total. The largest absolute Gasteiger partial charge is 0.497 e. The van der Waals surface area contributed by atoms with Crippen molar-refractivity contribution in [2.45, 2.75) is 51.3 Å². The van der Waals surface area contributed by atoms with Crippen molar-refractivity contribution in [2.24, 2.45) is 11.3 Å². The van der Waals surface area contributed by atoms with Gasteiger partial charge < -0.3 is 23.7 Å². The predicted octanol–water partition coefficient (Wildman–Crippen LogP) is 2.86. The number of carbonyl (C=O) groups is 1. The van der Waals surface area contributed by atoms with Gasteiger partial charge in [0.25, 0.3) is 0 Å². The van der Waals surface area contributed by atoms with E-state index in [1.807, 2.05) is 24.3 Å². The standard InChI is InChI=1S/C20H26O6/c1-12-19(3)10-24-18(14-5-7-15(22-4)8-6-14)25-16(19)9-17-20(12,11-23-17)26-13(2)21/h5-8,12,16-18H,9-11H2,1-4H3. The Morgan fingerprint density at radius 3 is 2.46 bits per heavy atom. The third-order valence-corrected chi connectivity index (χ3v) is 6.50. The molecule has 4 rings (SSSR count). The van der Waals surface area contributed by atoms with Crippen molar-refractivity contribution in [2.75, 3.05) is 20.3 Å². The van der Waals surface area contributed by atoms with Crippen LogP contribution in [0.15, 0.2) is 24.3 Å². The van der Waals surface area contributed by atoms with E-state index in [-0.39, 0.29) is 29.5 Å². The van der Waals surface area contributed by atoms with Gasteiger partial charge in [-0.1, -0.05) is 26.0 Å². The number of carbonyl (C=O) groups excluding carboxylic acids is 1. The highest BCUT2D eigenvalue weighted by Gasteiger charge is 2.67. The first kappa shape index (κ1) is 17.8. The van der Waals surface area contributed by atoms with Crippen molar-refractivity contribution in [1.29, 1.82) is 0 Å². The molecule has 0 amide bonds. The maximum absolute atomic E-state index is 11.6. The Bertz CT molecular complexity index is 688. The number of ether oxygens (including phenoxy) is 5. The fourth-order valence-corrected chi connectivity index (χ4v) is 4.60. The molecule has 1 aliphatic carbocycles. The van der Waals surface area contributed by atoms with Crippen LogP contribution in [0.1, 0.15) is 39.0 Å². The number of hydrogen-bond acceptors (Lipinski definition) is 6. The molecule has 1 saturated carbocycles. The summed E-state index contributed by atoms with van der Waals surface area (Å²) in [5, 5.41) is 0. The van der Waals surface area contributed by atoms with Crippen LogP contribution in [0.25, 0.3) is 0 Å². The molecule has 1 aromatic carbocycles. The zero-order valence-electron chi connectivity index (χ0n) is 15.7. The van der Waals surface area contributed by atoms with E-state index in [2.05, 4.69) is 13.8 Å². The van der Waals surface area contributed by atoms with Crippen LogP contribution in [0.2, 0.25) is 0 Å². The second kappa shape index (κ2) is 6.22. The van der Waals surface area contributed by atoms with E-state index in [0.29, 0.717) is 19.6 Å². The molecule has 6 atom stereocenters. The average molecular weight is 362 g/mol. The molecule has 0 radical (unpaired) electrons. The number of fused-ring (bicyclic) bond motifs is 2. The van der Waals surface area contributed by atoms with Crippen molar-refractivity contribution < 1.29 is 28.5 Å². The molecule has 142 valence electrons. The molecule has 26 heavy (non-hydrogen) atoms. The Morgan fingerprint density at radius 1 is 1.15 bits per heavy atom. The van der Waals surface area contributed by atoms with Crippen LogP contribution in [0.3, 0.4) is 0 Å². The van der Waals surface area contributed by atoms with Gasteiger partial charge in [0, 0.05) is 30.2 Å². The van der Waals surface area contributed by atoms with Crippen LogP contribution in [0, 0.1) is 11.3 Å². The summed E-state index contributed by atoms with van der Waals surface area (Å²) in [5.41, 5.74) is 0.169. The maximum atomic E-state index is 11.6. The van der Waals surface area contributed by atoms with Gasteiger partial charge in [-0.3, -0.25) is 4.79 Å². The molecule has 2 heterocycles. The second-order valence-corrected chi connectivity index (χ2v) is 7.85. The number of esters is 1. The van der Waals surface area contributed by atoms with Crippen LogP contribution in [0.5, 0.6) is 5.75 Å². The summed E-state index contributed by atoms with van der Waals surface area (Å²) in [6.07, 6.45) is 0.151. The predicted molar refractivity (Wildman–Crippen MR) is 92.7 cm³/mol. The summed E-state index contributed by atoms with van der Waals surface area (Å²) in [4.78, 5) is 11.6. The minimum atomic E-state index is -0.559. The van der Waals surface area contributed by atoms with Crippen molar-refractivity contribution in [3.63, 3.8) is 0 Å².